The van der Waals surface area contributed by atoms with E-state index in [2.05, 4.69) is 15.0 Å². The molecule has 0 saturated carbocycles. The van der Waals surface area contributed by atoms with Crippen LogP contribution in [0.4, 0.5) is 19.0 Å². The molecule has 0 bridgehead atoms. The summed E-state index contributed by atoms with van der Waals surface area (Å²) in [7, 11) is 0. The third kappa shape index (κ3) is 4.44. The minimum atomic E-state index is -2.88. The van der Waals surface area contributed by atoms with Crippen LogP contribution in [-0.2, 0) is 0 Å². The Bertz CT molecular complexity index is 748. The molecule has 0 unspecified atom stereocenters. The van der Waals surface area contributed by atoms with Gasteiger partial charge in [0, 0.05) is 19.1 Å². The maximum Gasteiger partial charge on any atom is 0.387 e. The maximum atomic E-state index is 13.7. The van der Waals surface area contributed by atoms with E-state index in [4.69, 9.17) is 0 Å². The van der Waals surface area contributed by atoms with Gasteiger partial charge in [-0.25, -0.2) is 9.37 Å². The number of pyridine rings is 1. The summed E-state index contributed by atoms with van der Waals surface area (Å²) in [4.78, 5) is 18.1. The molecule has 1 N–H and O–H groups in total. The Morgan fingerprint density at radius 2 is 1.92 bits per heavy atom. The zero-order valence-electron chi connectivity index (χ0n) is 13.9. The summed E-state index contributed by atoms with van der Waals surface area (Å²) in [5, 5.41) is 3.21. The molecule has 1 amide bonds. The summed E-state index contributed by atoms with van der Waals surface area (Å²) in [6.45, 7) is -1.89. The summed E-state index contributed by atoms with van der Waals surface area (Å²) < 4.78 is 42.2. The largest absolute Gasteiger partial charge is 0.433 e. The molecule has 0 atom stereocenters. The first-order chi connectivity index (χ1) is 12.5. The number of ether oxygens (including phenoxy) is 1. The molecule has 1 aliphatic heterocycles. The van der Waals surface area contributed by atoms with E-state index in [9.17, 15) is 18.0 Å². The van der Waals surface area contributed by atoms with Crippen LogP contribution in [0.3, 0.4) is 0 Å². The van der Waals surface area contributed by atoms with Gasteiger partial charge in [-0.15, -0.1) is 0 Å². The van der Waals surface area contributed by atoms with Crippen molar-refractivity contribution in [3.05, 3.63) is 54.0 Å². The highest BCUT2D eigenvalue weighted by atomic mass is 19.3. The highest BCUT2D eigenvalue weighted by Gasteiger charge is 2.25. The lowest BCUT2D eigenvalue weighted by Gasteiger charge is -2.32. The molecule has 5 nitrogen and oxygen atoms in total. The van der Waals surface area contributed by atoms with E-state index in [0.29, 0.717) is 31.7 Å². The smallest absolute Gasteiger partial charge is 0.387 e. The number of amides is 1. The van der Waals surface area contributed by atoms with E-state index < -0.39 is 12.4 Å². The van der Waals surface area contributed by atoms with Crippen LogP contribution < -0.4 is 10.1 Å². The molecule has 1 aliphatic rings. The minimum absolute atomic E-state index is 0.00384. The van der Waals surface area contributed by atoms with Gasteiger partial charge in [0.1, 0.15) is 17.4 Å². The first-order valence-electron chi connectivity index (χ1n) is 8.24. The van der Waals surface area contributed by atoms with Crippen LogP contribution in [0.15, 0.2) is 42.6 Å². The number of benzene rings is 1. The maximum absolute atomic E-state index is 13.7. The van der Waals surface area contributed by atoms with Crippen molar-refractivity contribution < 1.29 is 22.7 Å². The number of anilines is 1. The van der Waals surface area contributed by atoms with Gasteiger partial charge in [-0.05, 0) is 37.1 Å². The number of nitrogens with zero attached hydrogens (tertiary/aromatic N) is 2. The van der Waals surface area contributed by atoms with Crippen molar-refractivity contribution in [2.75, 3.05) is 18.4 Å². The minimum Gasteiger partial charge on any atom is -0.433 e. The molecule has 0 radical (unpaired) electrons. The van der Waals surface area contributed by atoms with Gasteiger partial charge in [-0.2, -0.15) is 8.78 Å². The SMILES string of the molecule is O=C(c1ccccc1F)N1CCC(Nc2ccc(OC(F)F)cn2)CC1. The van der Waals surface area contributed by atoms with Crippen LogP contribution >= 0.6 is 0 Å². The number of alkyl halides is 2. The van der Waals surface area contributed by atoms with Crippen LogP contribution in [0.2, 0.25) is 0 Å². The van der Waals surface area contributed by atoms with Gasteiger partial charge in [-0.1, -0.05) is 12.1 Å². The van der Waals surface area contributed by atoms with Crippen LogP contribution in [0.25, 0.3) is 0 Å². The van der Waals surface area contributed by atoms with Gasteiger partial charge in [0.15, 0.2) is 0 Å². The van der Waals surface area contributed by atoms with Crippen molar-refractivity contribution in [3.63, 3.8) is 0 Å². The summed E-state index contributed by atoms with van der Waals surface area (Å²) in [5.41, 5.74) is 0.0789. The normalized spacial score (nSPS) is 15.2. The summed E-state index contributed by atoms with van der Waals surface area (Å²) >= 11 is 0. The number of hydrogen-bond donors (Lipinski definition) is 1. The summed E-state index contributed by atoms with van der Waals surface area (Å²) in [6.07, 6.45) is 2.58. The fraction of sp³-hybridized carbons (Fsp3) is 0.333. The van der Waals surface area contributed by atoms with E-state index in [0.717, 1.165) is 0 Å². The number of rotatable bonds is 5. The van der Waals surface area contributed by atoms with Gasteiger partial charge in [0.25, 0.3) is 5.91 Å². The van der Waals surface area contributed by atoms with E-state index in [1.54, 1.807) is 23.1 Å². The number of nitrogens with one attached hydrogen (secondary N) is 1. The Hall–Kier alpha value is -2.77. The molecule has 0 spiro atoms. The second kappa shape index (κ2) is 8.07. The molecule has 1 fully saturated rings. The van der Waals surface area contributed by atoms with E-state index in [1.807, 2.05) is 0 Å². The third-order valence-corrected chi connectivity index (χ3v) is 4.20. The van der Waals surface area contributed by atoms with Crippen molar-refractivity contribution in [1.29, 1.82) is 0 Å². The first-order valence-corrected chi connectivity index (χ1v) is 8.24. The highest BCUT2D eigenvalue weighted by Crippen LogP contribution is 2.20. The quantitative estimate of drug-likeness (QED) is 0.881. The molecule has 2 aromatic rings. The third-order valence-electron chi connectivity index (χ3n) is 4.20. The molecule has 1 saturated heterocycles. The molecule has 138 valence electrons. The zero-order chi connectivity index (χ0) is 18.5. The Morgan fingerprint density at radius 1 is 1.19 bits per heavy atom. The molecular formula is C18H18F3N3O2. The Morgan fingerprint density at radius 3 is 2.54 bits per heavy atom. The number of carbonyl (C=O) groups is 1. The first kappa shape index (κ1) is 18.0. The topological polar surface area (TPSA) is 54.5 Å². The Labute approximate surface area is 148 Å². The number of halogens is 3. The molecule has 1 aromatic carbocycles. The standard InChI is InChI=1S/C18H18F3N3O2/c19-15-4-2-1-3-14(15)17(25)24-9-7-12(8-10-24)23-16-6-5-13(11-22-16)26-18(20)21/h1-6,11-12,18H,7-10H2,(H,22,23). The van der Waals surface area contributed by atoms with E-state index in [1.165, 1.54) is 24.4 Å². The van der Waals surface area contributed by atoms with Gasteiger partial charge in [0.05, 0.1) is 11.8 Å². The van der Waals surface area contributed by atoms with Crippen LogP contribution in [0, 0.1) is 5.82 Å². The van der Waals surface area contributed by atoms with Gasteiger partial charge >= 0.3 is 6.61 Å². The molecule has 2 heterocycles. The fourth-order valence-corrected chi connectivity index (χ4v) is 2.88. The molecule has 3 rings (SSSR count). The number of likely N-dealkylation sites (tertiary alicyclic amines) is 1. The molecular weight excluding hydrogens is 347 g/mol. The van der Waals surface area contributed by atoms with Crippen LogP contribution in [-0.4, -0.2) is 41.5 Å². The van der Waals surface area contributed by atoms with Crippen LogP contribution in [0.5, 0.6) is 5.75 Å². The lowest BCUT2D eigenvalue weighted by molar-refractivity contribution is -0.0500. The highest BCUT2D eigenvalue weighted by molar-refractivity contribution is 5.94. The molecule has 8 heteroatoms. The van der Waals surface area contributed by atoms with Crippen molar-refractivity contribution in [2.45, 2.75) is 25.5 Å². The summed E-state index contributed by atoms with van der Waals surface area (Å²) in [6, 6.07) is 9.01. The average Bonchev–Trinajstić information content (AvgIpc) is 2.63. The van der Waals surface area contributed by atoms with Crippen molar-refractivity contribution in [2.24, 2.45) is 0 Å². The Balaban J connectivity index is 1.52. The van der Waals surface area contributed by atoms with E-state index >= 15 is 0 Å². The fourth-order valence-electron chi connectivity index (χ4n) is 2.88. The lowest BCUT2D eigenvalue weighted by atomic mass is 10.0. The predicted molar refractivity (Wildman–Crippen MR) is 89.8 cm³/mol. The number of piperidine rings is 1. The zero-order valence-corrected chi connectivity index (χ0v) is 13.9. The molecule has 26 heavy (non-hydrogen) atoms. The van der Waals surface area contributed by atoms with E-state index in [-0.39, 0.29) is 23.3 Å². The second-order valence-electron chi connectivity index (χ2n) is 5.95. The van der Waals surface area contributed by atoms with Crippen molar-refractivity contribution >= 4 is 11.7 Å². The number of carbonyl (C=O) groups excluding carboxylic acids is 1. The van der Waals surface area contributed by atoms with Gasteiger partial charge < -0.3 is 15.0 Å². The van der Waals surface area contributed by atoms with Crippen LogP contribution in [0.1, 0.15) is 23.2 Å². The van der Waals surface area contributed by atoms with Gasteiger partial charge in [-0.3, -0.25) is 4.79 Å². The van der Waals surface area contributed by atoms with Crippen molar-refractivity contribution in [1.82, 2.24) is 9.88 Å². The Kier molecular flexibility index (Phi) is 5.60. The molecule has 0 aliphatic carbocycles. The second-order valence-corrected chi connectivity index (χ2v) is 5.95. The number of aromatic nitrogens is 1. The van der Waals surface area contributed by atoms with Crippen molar-refractivity contribution in [3.8, 4) is 5.75 Å². The predicted octanol–water partition coefficient (Wildman–Crippen LogP) is 3.54. The molecule has 1 aromatic heterocycles. The lowest BCUT2D eigenvalue weighted by Crippen LogP contribution is -2.42. The number of hydrogen-bond acceptors (Lipinski definition) is 4. The van der Waals surface area contributed by atoms with Gasteiger partial charge in [0.2, 0.25) is 0 Å². The monoisotopic (exact) mass is 365 g/mol. The average molecular weight is 365 g/mol. The summed E-state index contributed by atoms with van der Waals surface area (Å²) in [5.74, 6) is -0.289.